The van der Waals surface area contributed by atoms with Crippen LogP contribution < -0.4 is 9.47 Å². The van der Waals surface area contributed by atoms with Gasteiger partial charge >= 0.3 is 0 Å². The molecule has 4 aliphatic rings. The van der Waals surface area contributed by atoms with Crippen LogP contribution in [-0.4, -0.2) is 29.9 Å². The summed E-state index contributed by atoms with van der Waals surface area (Å²) < 4.78 is 13.9. The van der Waals surface area contributed by atoms with E-state index in [0.717, 1.165) is 134 Å². The fraction of sp³-hybridized carbons (Fsp3) is 0.0192. The Morgan fingerprint density at radius 1 is 0.143 bits per heavy atom. The first-order valence-electron chi connectivity index (χ1n) is 38.0. The van der Waals surface area contributed by atoms with E-state index in [1.54, 1.807) is 0 Å². The van der Waals surface area contributed by atoms with Gasteiger partial charge in [0, 0.05) is 55.6 Å². The molecule has 18 aromatic rings. The molecule has 2 spiro atoms. The van der Waals surface area contributed by atoms with E-state index in [9.17, 15) is 0 Å². The average Bonchev–Trinajstić information content (AvgIpc) is 1.50. The third kappa shape index (κ3) is 10.2. The summed E-state index contributed by atoms with van der Waals surface area (Å²) in [4.78, 5) is 31.3. The lowest BCUT2D eigenvalue weighted by molar-refractivity contribution is 0.436. The first-order chi connectivity index (χ1) is 55.5. The number of ether oxygens (including phenoxy) is 2. The van der Waals surface area contributed by atoms with Crippen molar-refractivity contribution in [2.75, 3.05) is 0 Å². The number of benzene rings is 16. The van der Waals surface area contributed by atoms with E-state index < -0.39 is 10.8 Å². The zero-order valence-corrected chi connectivity index (χ0v) is 60.5. The topological polar surface area (TPSA) is 95.8 Å². The second-order valence-corrected chi connectivity index (χ2v) is 29.0. The van der Waals surface area contributed by atoms with E-state index in [4.69, 9.17) is 39.4 Å². The average molecular weight is 1430 g/mol. The minimum atomic E-state index is -0.549. The molecule has 0 saturated carbocycles. The molecule has 0 N–H and O–H groups in total. The van der Waals surface area contributed by atoms with Crippen molar-refractivity contribution < 1.29 is 9.47 Å². The number of rotatable bonds is 11. The van der Waals surface area contributed by atoms with Crippen molar-refractivity contribution in [3.8, 4) is 169 Å². The Hall–Kier alpha value is -14.9. The van der Waals surface area contributed by atoms with Gasteiger partial charge in [0.2, 0.25) is 0 Å². The van der Waals surface area contributed by atoms with Crippen LogP contribution in [0.2, 0.25) is 0 Å². The molecule has 22 rings (SSSR count). The van der Waals surface area contributed by atoms with Gasteiger partial charge in [-0.2, -0.15) is 0 Å². The molecule has 2 aromatic heterocycles. The molecule has 2 aliphatic heterocycles. The predicted molar refractivity (Wildman–Crippen MR) is 448 cm³/mol. The predicted octanol–water partition coefficient (Wildman–Crippen LogP) is 25.3. The van der Waals surface area contributed by atoms with Gasteiger partial charge in [-0.1, -0.05) is 352 Å². The van der Waals surface area contributed by atoms with Crippen molar-refractivity contribution in [3.05, 3.63) is 433 Å². The molecule has 0 bridgehead atoms. The molecule has 8 nitrogen and oxygen atoms in total. The third-order valence-corrected chi connectivity index (χ3v) is 23.0. The van der Waals surface area contributed by atoms with Crippen LogP contribution in [0.3, 0.4) is 0 Å². The van der Waals surface area contributed by atoms with Gasteiger partial charge in [-0.3, -0.25) is 0 Å². The van der Waals surface area contributed by atoms with Crippen LogP contribution in [0.25, 0.3) is 146 Å². The molecular weight excluding hydrogens is 1370 g/mol. The highest BCUT2D eigenvalue weighted by Gasteiger charge is 2.53. The van der Waals surface area contributed by atoms with Gasteiger partial charge in [0.1, 0.15) is 23.0 Å². The summed E-state index contributed by atoms with van der Waals surface area (Å²) in [7, 11) is 0. The summed E-state index contributed by atoms with van der Waals surface area (Å²) in [5.74, 6) is 6.86. The Morgan fingerprint density at radius 2 is 0.402 bits per heavy atom. The molecule has 0 saturated heterocycles. The molecule has 0 atom stereocenters. The van der Waals surface area contributed by atoms with Gasteiger partial charge in [0.15, 0.2) is 34.9 Å². The highest BCUT2D eigenvalue weighted by atomic mass is 16.5. The smallest absolute Gasteiger partial charge is 0.164 e. The molecule has 0 amide bonds. The fourth-order valence-electron chi connectivity index (χ4n) is 17.9. The van der Waals surface area contributed by atoms with Crippen LogP contribution in [0.1, 0.15) is 44.5 Å². The van der Waals surface area contributed by atoms with Crippen LogP contribution in [-0.2, 0) is 10.8 Å². The van der Waals surface area contributed by atoms with Crippen LogP contribution in [0, 0.1) is 0 Å². The molecule has 0 fully saturated rings. The molecule has 0 radical (unpaired) electrons. The SMILES string of the molecule is c1ccc(-c2nc(-c3ccc(-c4ccc(-c5nc(-c6ccccc6)nc(-c6ccccc6)n5)c(-c5ccc(-c6ccc7c(c6)Oc6ccccc6C76c7ccccc7-c7ccccc76)cc5)c4)cc3)nc(-c3ccc(-c4ccccc4-c4ccc5c(c4)Oc4ccccc4C54c5ccccc5-c5ccccc54)cc3)n2)cc1. The number of fused-ring (bicyclic) bond motifs is 18. The molecular formula is C104H64N6O2. The normalized spacial score (nSPS) is 13.1. The first kappa shape index (κ1) is 64.3. The van der Waals surface area contributed by atoms with Crippen molar-refractivity contribution in [3.63, 3.8) is 0 Å². The maximum atomic E-state index is 6.97. The number of para-hydroxylation sites is 2. The monoisotopic (exact) mass is 1430 g/mol. The third-order valence-electron chi connectivity index (χ3n) is 23.0. The molecule has 8 heteroatoms. The molecule has 0 unspecified atom stereocenters. The van der Waals surface area contributed by atoms with Gasteiger partial charge in [-0.15, -0.1) is 0 Å². The van der Waals surface area contributed by atoms with Gasteiger partial charge in [-0.25, -0.2) is 29.9 Å². The summed E-state index contributed by atoms with van der Waals surface area (Å²) in [5, 5.41) is 0. The van der Waals surface area contributed by atoms with Gasteiger partial charge < -0.3 is 9.47 Å². The quantitative estimate of drug-likeness (QED) is 0.126. The summed E-state index contributed by atoms with van der Waals surface area (Å²) >= 11 is 0. The van der Waals surface area contributed by atoms with E-state index in [-0.39, 0.29) is 0 Å². The summed E-state index contributed by atoms with van der Waals surface area (Å²) in [6, 6.07) is 138. The largest absolute Gasteiger partial charge is 0.457 e. The molecule has 16 aromatic carbocycles. The summed E-state index contributed by atoms with van der Waals surface area (Å²) in [5.41, 5.74) is 29.2. The van der Waals surface area contributed by atoms with Crippen molar-refractivity contribution in [1.29, 1.82) is 0 Å². The van der Waals surface area contributed by atoms with Crippen molar-refractivity contribution >= 4 is 0 Å². The molecule has 522 valence electrons. The van der Waals surface area contributed by atoms with Gasteiger partial charge in [-0.05, 0) is 137 Å². The number of nitrogens with zero attached hydrogens (tertiary/aromatic N) is 6. The zero-order chi connectivity index (χ0) is 73.9. The summed E-state index contributed by atoms with van der Waals surface area (Å²) in [6.07, 6.45) is 0. The second kappa shape index (κ2) is 25.9. The summed E-state index contributed by atoms with van der Waals surface area (Å²) in [6.45, 7) is 0. The Balaban J connectivity index is 0.608. The Morgan fingerprint density at radius 3 is 0.812 bits per heavy atom. The van der Waals surface area contributed by atoms with E-state index in [0.29, 0.717) is 34.9 Å². The molecule has 2 aliphatic carbocycles. The van der Waals surface area contributed by atoms with Gasteiger partial charge in [0.05, 0.1) is 10.8 Å². The fourth-order valence-corrected chi connectivity index (χ4v) is 17.9. The van der Waals surface area contributed by atoms with Crippen LogP contribution >= 0.6 is 0 Å². The standard InChI is InChI=1S/C104H64N6O2/c1-4-24-69(25-5-1)97-105-100(108-101(106-97)73-54-50-67(51-55-73)77-30-10-11-31-78(77)76-58-61-92-96(64-76)112-94-43-23-21-41-90(94)104(92)87-38-18-14-34-81(87)82-35-15-19-39-88(82)104)72-52-46-65(47-53-72)74-56-59-83(102-109-98(70-26-6-2-7-27-70)107-99(110-102)71-28-8-3-9-29-71)84(62-74)68-48-44-66(45-49-68)75-57-60-91-95(63-75)111-93-42-22-20-40-89(93)103(91)85-36-16-12-32-79(85)80-33-13-17-37-86(80)103/h1-64H. The highest BCUT2D eigenvalue weighted by Crippen LogP contribution is 2.64. The van der Waals surface area contributed by atoms with E-state index in [2.05, 4.69) is 297 Å². The van der Waals surface area contributed by atoms with Crippen molar-refractivity contribution in [2.45, 2.75) is 10.8 Å². The minimum Gasteiger partial charge on any atom is -0.457 e. The van der Waals surface area contributed by atoms with Crippen LogP contribution in [0.5, 0.6) is 23.0 Å². The lowest BCUT2D eigenvalue weighted by Crippen LogP contribution is -2.32. The van der Waals surface area contributed by atoms with Gasteiger partial charge in [0.25, 0.3) is 0 Å². The molecule has 112 heavy (non-hydrogen) atoms. The molecule has 4 heterocycles. The Labute approximate surface area is 648 Å². The first-order valence-corrected chi connectivity index (χ1v) is 38.0. The van der Waals surface area contributed by atoms with E-state index >= 15 is 0 Å². The number of hydrogen-bond acceptors (Lipinski definition) is 8. The Kier molecular flexibility index (Phi) is 14.9. The number of aromatic nitrogens is 6. The zero-order valence-electron chi connectivity index (χ0n) is 60.5. The van der Waals surface area contributed by atoms with E-state index in [1.165, 1.54) is 44.5 Å². The maximum absolute atomic E-state index is 6.97. The van der Waals surface area contributed by atoms with Crippen LogP contribution in [0.15, 0.2) is 388 Å². The lowest BCUT2D eigenvalue weighted by atomic mass is 9.66. The van der Waals surface area contributed by atoms with Crippen molar-refractivity contribution in [2.24, 2.45) is 0 Å². The highest BCUT2D eigenvalue weighted by molar-refractivity contribution is 5.94. The Bertz CT molecular complexity index is 6650. The van der Waals surface area contributed by atoms with Crippen LogP contribution in [0.4, 0.5) is 0 Å². The maximum Gasteiger partial charge on any atom is 0.164 e. The second-order valence-electron chi connectivity index (χ2n) is 29.0. The lowest BCUT2D eigenvalue weighted by Gasteiger charge is -2.39. The number of hydrogen-bond donors (Lipinski definition) is 0. The van der Waals surface area contributed by atoms with E-state index in [1.807, 2.05) is 91.0 Å². The minimum absolute atomic E-state index is 0.540. The van der Waals surface area contributed by atoms with Crippen molar-refractivity contribution in [1.82, 2.24) is 29.9 Å².